The normalized spacial score (nSPS) is 15.6. The topological polar surface area (TPSA) is 94.6 Å². The molecule has 0 aliphatic carbocycles. The maximum atomic E-state index is 13.4. The highest BCUT2D eigenvalue weighted by Crippen LogP contribution is 2.43. The summed E-state index contributed by atoms with van der Waals surface area (Å²) in [5, 5.41) is 0. The summed E-state index contributed by atoms with van der Waals surface area (Å²) in [5.41, 5.74) is 1.31. The van der Waals surface area contributed by atoms with Crippen molar-refractivity contribution in [2.24, 2.45) is 0 Å². The third-order valence-electron chi connectivity index (χ3n) is 5.66. The summed E-state index contributed by atoms with van der Waals surface area (Å²) < 4.78 is 21.9. The van der Waals surface area contributed by atoms with Gasteiger partial charge in [0.25, 0.3) is 17.7 Å². The second-order valence-corrected chi connectivity index (χ2v) is 7.32. The molecule has 2 aliphatic rings. The molecule has 0 unspecified atom stereocenters. The van der Waals surface area contributed by atoms with Gasteiger partial charge in [-0.3, -0.25) is 19.3 Å². The largest absolute Gasteiger partial charge is 0.493 e. The van der Waals surface area contributed by atoms with Crippen molar-refractivity contribution in [1.82, 2.24) is 9.80 Å². The number of morpholine rings is 1. The van der Waals surface area contributed by atoms with Crippen molar-refractivity contribution in [3.05, 3.63) is 52.6 Å². The highest BCUT2D eigenvalue weighted by Gasteiger charge is 2.38. The Morgan fingerprint density at radius 3 is 2.06 bits per heavy atom. The molecule has 1 fully saturated rings. The zero-order chi connectivity index (χ0) is 22.8. The van der Waals surface area contributed by atoms with E-state index in [4.69, 9.17) is 18.9 Å². The zero-order valence-corrected chi connectivity index (χ0v) is 18.2. The molecular weight excluding hydrogens is 416 g/mol. The molecule has 1 saturated heterocycles. The Bertz CT molecular complexity index is 1040. The van der Waals surface area contributed by atoms with Gasteiger partial charge < -0.3 is 23.8 Å². The molecule has 9 nitrogen and oxygen atoms in total. The van der Waals surface area contributed by atoms with Crippen molar-refractivity contribution in [2.75, 3.05) is 47.6 Å². The average Bonchev–Trinajstić information content (AvgIpc) is 3.08. The van der Waals surface area contributed by atoms with Crippen molar-refractivity contribution in [2.45, 2.75) is 6.54 Å². The van der Waals surface area contributed by atoms with E-state index in [0.29, 0.717) is 48.7 Å². The molecular formula is C23H24N2O7. The molecule has 0 atom stereocenters. The number of rotatable bonds is 6. The molecule has 2 aliphatic heterocycles. The Balaban J connectivity index is 1.81. The van der Waals surface area contributed by atoms with Crippen molar-refractivity contribution in [3.63, 3.8) is 0 Å². The first kappa shape index (κ1) is 21.6. The zero-order valence-electron chi connectivity index (χ0n) is 18.2. The summed E-state index contributed by atoms with van der Waals surface area (Å²) in [6.07, 6.45) is 0. The predicted octanol–water partition coefficient (Wildman–Crippen LogP) is 1.98. The van der Waals surface area contributed by atoms with Crippen LogP contribution in [-0.4, -0.2) is 75.2 Å². The quantitative estimate of drug-likeness (QED) is 0.634. The first-order valence-corrected chi connectivity index (χ1v) is 10.2. The number of carbonyl (C=O) groups excluding carboxylic acids is 3. The van der Waals surface area contributed by atoms with Crippen LogP contribution in [0.3, 0.4) is 0 Å². The van der Waals surface area contributed by atoms with Gasteiger partial charge in [0.05, 0.1) is 57.8 Å². The van der Waals surface area contributed by atoms with Crippen LogP contribution in [0.15, 0.2) is 30.3 Å². The number of benzene rings is 2. The molecule has 2 aromatic carbocycles. The summed E-state index contributed by atoms with van der Waals surface area (Å²) in [4.78, 5) is 42.2. The minimum atomic E-state index is -0.424. The fourth-order valence-electron chi connectivity index (χ4n) is 4.04. The SMILES string of the molecule is COc1cc(C(=O)N2CCOCC2)c(CN2C(=O)c3ccccc3C2=O)c(OC)c1OC. The summed E-state index contributed by atoms with van der Waals surface area (Å²) in [6, 6.07) is 8.20. The number of fused-ring (bicyclic) bond motifs is 1. The molecule has 3 amide bonds. The first-order chi connectivity index (χ1) is 15.5. The number of carbonyl (C=O) groups is 3. The Labute approximate surface area is 185 Å². The van der Waals surface area contributed by atoms with E-state index >= 15 is 0 Å². The fourth-order valence-corrected chi connectivity index (χ4v) is 4.04. The Kier molecular flexibility index (Phi) is 6.00. The van der Waals surface area contributed by atoms with E-state index in [0.717, 1.165) is 4.90 Å². The van der Waals surface area contributed by atoms with E-state index < -0.39 is 11.8 Å². The second-order valence-electron chi connectivity index (χ2n) is 7.32. The summed E-state index contributed by atoms with van der Waals surface area (Å²) in [7, 11) is 4.35. The van der Waals surface area contributed by atoms with E-state index in [-0.39, 0.29) is 29.5 Å². The molecule has 0 bridgehead atoms. The van der Waals surface area contributed by atoms with E-state index in [1.54, 1.807) is 35.2 Å². The third kappa shape index (κ3) is 3.54. The van der Waals surface area contributed by atoms with Gasteiger partial charge in [-0.05, 0) is 18.2 Å². The van der Waals surface area contributed by atoms with Crippen molar-refractivity contribution in [3.8, 4) is 17.2 Å². The van der Waals surface area contributed by atoms with Gasteiger partial charge in [0.15, 0.2) is 11.5 Å². The van der Waals surface area contributed by atoms with Crippen LogP contribution in [0.4, 0.5) is 0 Å². The smallest absolute Gasteiger partial charge is 0.261 e. The number of ether oxygens (including phenoxy) is 4. The highest BCUT2D eigenvalue weighted by atomic mass is 16.5. The van der Waals surface area contributed by atoms with Crippen LogP contribution in [0.1, 0.15) is 36.6 Å². The van der Waals surface area contributed by atoms with Crippen molar-refractivity contribution < 1.29 is 33.3 Å². The number of hydrogen-bond donors (Lipinski definition) is 0. The number of hydrogen-bond acceptors (Lipinski definition) is 7. The number of nitrogens with zero attached hydrogens (tertiary/aromatic N) is 2. The standard InChI is InChI=1S/C23H24N2O7/c1-29-18-12-16(21(26)24-8-10-32-11-9-24)17(19(30-2)20(18)31-3)13-25-22(27)14-6-4-5-7-15(14)23(25)28/h4-7,12H,8-11,13H2,1-3H3. The number of amides is 3. The van der Waals surface area contributed by atoms with Crippen LogP contribution >= 0.6 is 0 Å². The maximum Gasteiger partial charge on any atom is 0.261 e. The van der Waals surface area contributed by atoms with Gasteiger partial charge in [0.2, 0.25) is 5.75 Å². The van der Waals surface area contributed by atoms with Gasteiger partial charge in [0.1, 0.15) is 0 Å². The van der Waals surface area contributed by atoms with Gasteiger partial charge in [-0.2, -0.15) is 0 Å². The number of imide groups is 1. The minimum Gasteiger partial charge on any atom is -0.493 e. The van der Waals surface area contributed by atoms with Gasteiger partial charge in [-0.1, -0.05) is 12.1 Å². The minimum absolute atomic E-state index is 0.152. The second kappa shape index (κ2) is 8.88. The van der Waals surface area contributed by atoms with Crippen LogP contribution in [0, 0.1) is 0 Å². The van der Waals surface area contributed by atoms with Crippen molar-refractivity contribution >= 4 is 17.7 Å². The molecule has 0 aromatic heterocycles. The van der Waals surface area contributed by atoms with Crippen LogP contribution in [0.5, 0.6) is 17.2 Å². The Morgan fingerprint density at radius 2 is 1.53 bits per heavy atom. The van der Waals surface area contributed by atoms with Crippen molar-refractivity contribution in [1.29, 1.82) is 0 Å². The van der Waals surface area contributed by atoms with Gasteiger partial charge in [0, 0.05) is 18.7 Å². The van der Waals surface area contributed by atoms with E-state index in [9.17, 15) is 14.4 Å². The molecule has 9 heteroatoms. The van der Waals surface area contributed by atoms with Crippen LogP contribution in [0.25, 0.3) is 0 Å². The monoisotopic (exact) mass is 440 g/mol. The molecule has 32 heavy (non-hydrogen) atoms. The summed E-state index contributed by atoms with van der Waals surface area (Å²) >= 11 is 0. The number of methoxy groups -OCH3 is 3. The highest BCUT2D eigenvalue weighted by molar-refractivity contribution is 6.21. The molecule has 0 radical (unpaired) electrons. The lowest BCUT2D eigenvalue weighted by molar-refractivity contribution is 0.0300. The maximum absolute atomic E-state index is 13.4. The fraction of sp³-hybridized carbons (Fsp3) is 0.348. The van der Waals surface area contributed by atoms with Gasteiger partial charge in [-0.15, -0.1) is 0 Å². The van der Waals surface area contributed by atoms with Crippen LogP contribution < -0.4 is 14.2 Å². The summed E-state index contributed by atoms with van der Waals surface area (Å²) in [6.45, 7) is 1.58. The molecule has 2 aromatic rings. The third-order valence-corrected chi connectivity index (χ3v) is 5.66. The van der Waals surface area contributed by atoms with Gasteiger partial charge >= 0.3 is 0 Å². The lowest BCUT2D eigenvalue weighted by Gasteiger charge is -2.29. The summed E-state index contributed by atoms with van der Waals surface area (Å²) in [5.74, 6) is -0.286. The molecule has 0 spiro atoms. The van der Waals surface area contributed by atoms with Crippen LogP contribution in [-0.2, 0) is 11.3 Å². The van der Waals surface area contributed by atoms with Crippen LogP contribution in [0.2, 0.25) is 0 Å². The molecule has 2 heterocycles. The molecule has 4 rings (SSSR count). The molecule has 0 N–H and O–H groups in total. The molecule has 0 saturated carbocycles. The Hall–Kier alpha value is -3.59. The van der Waals surface area contributed by atoms with Gasteiger partial charge in [-0.25, -0.2) is 0 Å². The van der Waals surface area contributed by atoms with E-state index in [2.05, 4.69) is 0 Å². The molecule has 168 valence electrons. The lowest BCUT2D eigenvalue weighted by Crippen LogP contribution is -2.41. The lowest BCUT2D eigenvalue weighted by atomic mass is 10.0. The predicted molar refractivity (Wildman–Crippen MR) is 113 cm³/mol. The van der Waals surface area contributed by atoms with E-state index in [1.165, 1.54) is 21.3 Å². The van der Waals surface area contributed by atoms with E-state index in [1.807, 2.05) is 0 Å². The average molecular weight is 440 g/mol. The first-order valence-electron chi connectivity index (χ1n) is 10.2. The Morgan fingerprint density at radius 1 is 0.938 bits per heavy atom.